The lowest BCUT2D eigenvalue weighted by Crippen LogP contribution is -2.13. The van der Waals surface area contributed by atoms with Gasteiger partial charge in [-0.3, -0.25) is 4.79 Å². The molecule has 146 valence electrons. The molecule has 3 rings (SSSR count). The van der Waals surface area contributed by atoms with E-state index in [9.17, 15) is 10.1 Å². The second-order valence-electron chi connectivity index (χ2n) is 6.81. The number of aryl methyl sites for hydroxylation is 2. The number of hydrogen-bond donors (Lipinski definition) is 1. The van der Waals surface area contributed by atoms with E-state index in [0.29, 0.717) is 5.69 Å². The molecule has 0 saturated carbocycles. The Morgan fingerprint density at radius 1 is 1.14 bits per heavy atom. The van der Waals surface area contributed by atoms with Crippen molar-refractivity contribution in [3.8, 4) is 11.8 Å². The van der Waals surface area contributed by atoms with E-state index in [1.165, 1.54) is 9.13 Å². The van der Waals surface area contributed by atoms with Crippen LogP contribution in [0.3, 0.4) is 0 Å². The van der Waals surface area contributed by atoms with Crippen LogP contribution in [0, 0.1) is 28.7 Å². The largest absolute Gasteiger partial charge is 0.321 e. The van der Waals surface area contributed by atoms with Gasteiger partial charge in [0, 0.05) is 26.3 Å². The van der Waals surface area contributed by atoms with Crippen molar-refractivity contribution in [3.63, 3.8) is 0 Å². The lowest BCUT2D eigenvalue weighted by atomic mass is 10.1. The number of rotatable bonds is 5. The van der Waals surface area contributed by atoms with Crippen LogP contribution in [0.4, 0.5) is 5.69 Å². The summed E-state index contributed by atoms with van der Waals surface area (Å²) in [4.78, 5) is 12.6. The average molecular weight is 495 g/mol. The number of aromatic nitrogens is 1. The van der Waals surface area contributed by atoms with Crippen molar-refractivity contribution in [2.75, 3.05) is 5.32 Å². The molecule has 1 aromatic heterocycles. The molecule has 4 nitrogen and oxygen atoms in total. The highest BCUT2D eigenvalue weighted by molar-refractivity contribution is 14.1. The van der Waals surface area contributed by atoms with Crippen molar-refractivity contribution in [2.45, 2.75) is 27.2 Å². The smallest absolute Gasteiger partial charge is 0.266 e. The minimum absolute atomic E-state index is 0.0763. The van der Waals surface area contributed by atoms with Crippen molar-refractivity contribution in [1.82, 2.24) is 4.57 Å². The molecule has 3 aromatic rings. The van der Waals surface area contributed by atoms with Crippen LogP contribution >= 0.6 is 22.6 Å². The third kappa shape index (κ3) is 4.77. The molecule has 0 aliphatic heterocycles. The lowest BCUT2D eigenvalue weighted by molar-refractivity contribution is -0.112. The van der Waals surface area contributed by atoms with Crippen LogP contribution in [-0.2, 0) is 11.2 Å². The van der Waals surface area contributed by atoms with Crippen LogP contribution < -0.4 is 5.32 Å². The van der Waals surface area contributed by atoms with Crippen LogP contribution in [0.1, 0.15) is 29.4 Å². The number of carbonyl (C=O) groups is 1. The lowest BCUT2D eigenvalue weighted by Gasteiger charge is -2.10. The van der Waals surface area contributed by atoms with Gasteiger partial charge in [-0.2, -0.15) is 5.26 Å². The number of halogens is 1. The van der Waals surface area contributed by atoms with Gasteiger partial charge in [0.2, 0.25) is 0 Å². The van der Waals surface area contributed by atoms with Crippen LogP contribution in [-0.4, -0.2) is 10.5 Å². The van der Waals surface area contributed by atoms with E-state index in [1.807, 2.05) is 50.2 Å². The third-order valence-electron chi connectivity index (χ3n) is 4.84. The number of carbonyl (C=O) groups excluding carboxylic acids is 1. The molecule has 0 radical (unpaired) electrons. The molecule has 0 atom stereocenters. The van der Waals surface area contributed by atoms with Crippen molar-refractivity contribution < 1.29 is 4.79 Å². The molecular formula is C24H22IN3O. The highest BCUT2D eigenvalue weighted by Crippen LogP contribution is 2.24. The molecule has 5 heteroatoms. The molecule has 1 N–H and O–H groups in total. The SMILES string of the molecule is CCc1ccc(NC(=O)/C(C#N)=C\c2cc(C)n(-c3ccc(I)cc3)c2C)cc1. The minimum Gasteiger partial charge on any atom is -0.321 e. The van der Waals surface area contributed by atoms with Gasteiger partial charge in [0.25, 0.3) is 5.91 Å². The van der Waals surface area contributed by atoms with Crippen molar-refractivity contribution in [2.24, 2.45) is 0 Å². The number of anilines is 1. The highest BCUT2D eigenvalue weighted by Gasteiger charge is 2.14. The fourth-order valence-electron chi connectivity index (χ4n) is 3.25. The van der Waals surface area contributed by atoms with Gasteiger partial charge in [-0.15, -0.1) is 0 Å². The summed E-state index contributed by atoms with van der Waals surface area (Å²) < 4.78 is 3.29. The molecule has 0 spiro atoms. The summed E-state index contributed by atoms with van der Waals surface area (Å²) in [5.41, 5.74) is 5.89. The molecule has 1 amide bonds. The molecule has 0 aliphatic rings. The van der Waals surface area contributed by atoms with Gasteiger partial charge in [-0.05, 0) is 103 Å². The zero-order chi connectivity index (χ0) is 21.0. The van der Waals surface area contributed by atoms with Gasteiger partial charge >= 0.3 is 0 Å². The monoisotopic (exact) mass is 495 g/mol. The summed E-state index contributed by atoms with van der Waals surface area (Å²) in [5.74, 6) is -0.407. The van der Waals surface area contributed by atoms with E-state index in [-0.39, 0.29) is 5.57 Å². The van der Waals surface area contributed by atoms with E-state index < -0.39 is 5.91 Å². The first-order chi connectivity index (χ1) is 13.9. The fourth-order valence-corrected chi connectivity index (χ4v) is 3.61. The fraction of sp³-hybridized carbons (Fsp3) is 0.167. The maximum atomic E-state index is 12.6. The van der Waals surface area contributed by atoms with E-state index in [1.54, 1.807) is 6.08 Å². The summed E-state index contributed by atoms with van der Waals surface area (Å²) in [7, 11) is 0. The molecule has 2 aromatic carbocycles. The number of benzene rings is 2. The zero-order valence-electron chi connectivity index (χ0n) is 16.7. The molecule has 1 heterocycles. The highest BCUT2D eigenvalue weighted by atomic mass is 127. The quantitative estimate of drug-likeness (QED) is 0.276. The summed E-state index contributed by atoms with van der Waals surface area (Å²) in [6, 6.07) is 19.9. The third-order valence-corrected chi connectivity index (χ3v) is 5.56. The number of nitrogens with zero attached hydrogens (tertiary/aromatic N) is 2. The van der Waals surface area contributed by atoms with Gasteiger partial charge in [0.1, 0.15) is 11.6 Å². The van der Waals surface area contributed by atoms with Crippen molar-refractivity contribution in [1.29, 1.82) is 5.26 Å². The van der Waals surface area contributed by atoms with Gasteiger partial charge < -0.3 is 9.88 Å². The second kappa shape index (κ2) is 9.10. The summed E-state index contributed by atoms with van der Waals surface area (Å²) in [6.07, 6.45) is 2.59. The van der Waals surface area contributed by atoms with Gasteiger partial charge in [-0.1, -0.05) is 19.1 Å². The Kier molecular flexibility index (Phi) is 6.55. The van der Waals surface area contributed by atoms with Gasteiger partial charge in [-0.25, -0.2) is 0 Å². The Bertz CT molecular complexity index is 1100. The summed E-state index contributed by atoms with van der Waals surface area (Å²) >= 11 is 2.28. The summed E-state index contributed by atoms with van der Waals surface area (Å²) in [5, 5.41) is 12.4. The minimum atomic E-state index is -0.407. The Balaban J connectivity index is 1.88. The van der Waals surface area contributed by atoms with Crippen LogP contribution in [0.5, 0.6) is 0 Å². The van der Waals surface area contributed by atoms with E-state index in [0.717, 1.165) is 29.1 Å². The molecule has 29 heavy (non-hydrogen) atoms. The van der Waals surface area contributed by atoms with Crippen LogP contribution in [0.2, 0.25) is 0 Å². The number of nitriles is 1. The van der Waals surface area contributed by atoms with E-state index >= 15 is 0 Å². The molecule has 0 bridgehead atoms. The zero-order valence-corrected chi connectivity index (χ0v) is 18.8. The first-order valence-electron chi connectivity index (χ1n) is 9.40. The number of amides is 1. The predicted octanol–water partition coefficient (Wildman–Crippen LogP) is 5.81. The average Bonchev–Trinajstić information content (AvgIpc) is 3.00. The molecular weight excluding hydrogens is 473 g/mol. The Hall–Kier alpha value is -2.85. The van der Waals surface area contributed by atoms with Gasteiger partial charge in [0.05, 0.1) is 0 Å². The first kappa shape index (κ1) is 20.9. The predicted molar refractivity (Wildman–Crippen MR) is 126 cm³/mol. The Labute approximate surface area is 185 Å². The normalized spacial score (nSPS) is 11.2. The topological polar surface area (TPSA) is 57.8 Å². The summed E-state index contributed by atoms with van der Waals surface area (Å²) in [6.45, 7) is 6.09. The number of hydrogen-bond acceptors (Lipinski definition) is 2. The van der Waals surface area contributed by atoms with E-state index in [4.69, 9.17) is 0 Å². The molecule has 0 aliphatic carbocycles. The standard InChI is InChI=1S/C24H22IN3O/c1-4-18-5-9-22(10-6-18)27-24(29)20(15-26)14-19-13-16(2)28(17(19)3)23-11-7-21(25)8-12-23/h5-14H,4H2,1-3H3,(H,27,29)/b20-14-. The molecule has 0 fully saturated rings. The van der Waals surface area contributed by atoms with Crippen LogP contribution in [0.25, 0.3) is 11.8 Å². The molecule has 0 saturated heterocycles. The van der Waals surface area contributed by atoms with E-state index in [2.05, 4.69) is 63.7 Å². The second-order valence-corrected chi connectivity index (χ2v) is 8.06. The Morgan fingerprint density at radius 3 is 2.38 bits per heavy atom. The first-order valence-corrected chi connectivity index (χ1v) is 10.5. The van der Waals surface area contributed by atoms with Crippen molar-refractivity contribution in [3.05, 3.63) is 86.3 Å². The maximum Gasteiger partial charge on any atom is 0.266 e. The van der Waals surface area contributed by atoms with Gasteiger partial charge in [0.15, 0.2) is 0 Å². The number of nitrogens with one attached hydrogen (secondary N) is 1. The maximum absolute atomic E-state index is 12.6. The Morgan fingerprint density at radius 2 is 1.79 bits per heavy atom. The molecule has 0 unspecified atom stereocenters. The van der Waals surface area contributed by atoms with Crippen LogP contribution in [0.15, 0.2) is 60.2 Å². The van der Waals surface area contributed by atoms with Crippen molar-refractivity contribution >= 4 is 40.3 Å².